The molecule has 0 saturated carbocycles. The Morgan fingerprint density at radius 1 is 1.41 bits per heavy atom. The lowest BCUT2D eigenvalue weighted by molar-refractivity contribution is -0.130. The molecule has 0 spiro atoms. The number of hydrogen-bond donors (Lipinski definition) is 3. The highest BCUT2D eigenvalue weighted by molar-refractivity contribution is 9.10. The molecule has 0 aliphatic carbocycles. The van der Waals surface area contributed by atoms with Gasteiger partial charge in [-0.2, -0.15) is 5.10 Å². The third-order valence-corrected chi connectivity index (χ3v) is 3.59. The zero-order chi connectivity index (χ0) is 16.3. The van der Waals surface area contributed by atoms with Crippen LogP contribution in [0.1, 0.15) is 0 Å². The van der Waals surface area contributed by atoms with Crippen molar-refractivity contribution in [2.75, 3.05) is 4.90 Å². The van der Waals surface area contributed by atoms with E-state index >= 15 is 0 Å². The quantitative estimate of drug-likeness (QED) is 0.298. The molecular formula is C12H10BrN5O2S2. The second-order valence-corrected chi connectivity index (χ2v) is 5.92. The summed E-state index contributed by atoms with van der Waals surface area (Å²) < 4.78 is 0.856. The summed E-state index contributed by atoms with van der Waals surface area (Å²) in [6.45, 7) is 0. The van der Waals surface area contributed by atoms with Crippen molar-refractivity contribution < 1.29 is 9.59 Å². The molecular weight excluding hydrogens is 390 g/mol. The molecule has 0 unspecified atom stereocenters. The predicted octanol–water partition coefficient (Wildman–Crippen LogP) is 0.632. The molecule has 1 saturated heterocycles. The van der Waals surface area contributed by atoms with Crippen molar-refractivity contribution in [3.63, 3.8) is 0 Å². The molecule has 2 rings (SSSR count). The Hall–Kier alpha value is -1.91. The number of nitrogens with two attached hydrogens (primary N) is 1. The first-order valence-corrected chi connectivity index (χ1v) is 7.54. The van der Waals surface area contributed by atoms with Crippen LogP contribution >= 0.6 is 40.4 Å². The maximum Gasteiger partial charge on any atom is 0.251 e. The standard InChI is InChI=1S/C12H10BrN5O2S2/c13-6-1-3-7(4-2-6)18-10(20)8(5-15-17-11(14)21)9(19)16-12(18)22/h1-5,8H,(H3,14,17,21)(H,16,19,22)/b15-5-/t8-/m1/s1. The third-order valence-electron chi connectivity index (χ3n) is 2.69. The Labute approximate surface area is 145 Å². The van der Waals surface area contributed by atoms with Gasteiger partial charge in [-0.15, -0.1) is 0 Å². The molecule has 4 N–H and O–H groups in total. The summed E-state index contributed by atoms with van der Waals surface area (Å²) in [6.07, 6.45) is 1.13. The summed E-state index contributed by atoms with van der Waals surface area (Å²) in [4.78, 5) is 25.6. The summed E-state index contributed by atoms with van der Waals surface area (Å²) >= 11 is 13.0. The Kier molecular flexibility index (Phi) is 5.16. The van der Waals surface area contributed by atoms with E-state index < -0.39 is 17.7 Å². The van der Waals surface area contributed by atoms with Crippen LogP contribution in [0.4, 0.5) is 5.69 Å². The van der Waals surface area contributed by atoms with Crippen molar-refractivity contribution in [2.24, 2.45) is 16.8 Å². The van der Waals surface area contributed by atoms with E-state index in [0.717, 1.165) is 10.7 Å². The fourth-order valence-electron chi connectivity index (χ4n) is 1.73. The first-order chi connectivity index (χ1) is 10.4. The molecule has 114 valence electrons. The van der Waals surface area contributed by atoms with E-state index in [1.165, 1.54) is 4.90 Å². The average Bonchev–Trinajstić information content (AvgIpc) is 2.44. The lowest BCUT2D eigenvalue weighted by Gasteiger charge is -2.30. The normalized spacial score (nSPS) is 18.5. The summed E-state index contributed by atoms with van der Waals surface area (Å²) in [5.41, 5.74) is 8.05. The number of anilines is 1. The van der Waals surface area contributed by atoms with Gasteiger partial charge in [0.1, 0.15) is 0 Å². The summed E-state index contributed by atoms with van der Waals surface area (Å²) in [7, 11) is 0. The van der Waals surface area contributed by atoms with Crippen molar-refractivity contribution in [3.8, 4) is 0 Å². The molecule has 0 radical (unpaired) electrons. The second kappa shape index (κ2) is 6.90. The van der Waals surface area contributed by atoms with Gasteiger partial charge in [0, 0.05) is 10.7 Å². The lowest BCUT2D eigenvalue weighted by atomic mass is 10.1. The maximum absolute atomic E-state index is 12.5. The molecule has 7 nitrogen and oxygen atoms in total. The van der Waals surface area contributed by atoms with Crippen LogP contribution in [0, 0.1) is 5.92 Å². The van der Waals surface area contributed by atoms with Crippen molar-refractivity contribution in [2.45, 2.75) is 0 Å². The molecule has 1 aromatic carbocycles. The maximum atomic E-state index is 12.5. The Morgan fingerprint density at radius 2 is 2.05 bits per heavy atom. The molecule has 1 heterocycles. The van der Waals surface area contributed by atoms with Gasteiger partial charge < -0.3 is 11.1 Å². The van der Waals surface area contributed by atoms with Gasteiger partial charge in [-0.05, 0) is 48.7 Å². The molecule has 1 aliphatic heterocycles. The monoisotopic (exact) mass is 399 g/mol. The molecule has 0 aromatic heterocycles. The molecule has 0 bridgehead atoms. The number of halogens is 1. The van der Waals surface area contributed by atoms with E-state index in [9.17, 15) is 9.59 Å². The predicted molar refractivity (Wildman–Crippen MR) is 94.3 cm³/mol. The third kappa shape index (κ3) is 3.64. The van der Waals surface area contributed by atoms with Crippen LogP contribution in [0.3, 0.4) is 0 Å². The van der Waals surface area contributed by atoms with Crippen LogP contribution in [-0.2, 0) is 9.59 Å². The van der Waals surface area contributed by atoms with Crippen LogP contribution in [0.2, 0.25) is 0 Å². The number of benzene rings is 1. The number of carbonyl (C=O) groups is 2. The van der Waals surface area contributed by atoms with E-state index in [-0.39, 0.29) is 10.2 Å². The van der Waals surface area contributed by atoms with Crippen molar-refractivity contribution >= 4 is 74.3 Å². The highest BCUT2D eigenvalue weighted by atomic mass is 79.9. The number of hydrazone groups is 1. The van der Waals surface area contributed by atoms with Crippen molar-refractivity contribution in [1.82, 2.24) is 10.7 Å². The zero-order valence-electron chi connectivity index (χ0n) is 10.9. The number of carbonyl (C=O) groups excluding carboxylic acids is 2. The molecule has 1 atom stereocenters. The van der Waals surface area contributed by atoms with E-state index in [2.05, 4.69) is 44.0 Å². The van der Waals surface area contributed by atoms with Gasteiger partial charge in [-0.1, -0.05) is 15.9 Å². The minimum atomic E-state index is -1.13. The smallest absolute Gasteiger partial charge is 0.251 e. The van der Waals surface area contributed by atoms with Gasteiger partial charge in [-0.25, -0.2) is 0 Å². The number of nitrogens with one attached hydrogen (secondary N) is 2. The van der Waals surface area contributed by atoms with Crippen LogP contribution in [0.5, 0.6) is 0 Å². The van der Waals surface area contributed by atoms with Crippen molar-refractivity contribution in [3.05, 3.63) is 28.7 Å². The van der Waals surface area contributed by atoms with E-state index in [4.69, 9.17) is 18.0 Å². The number of nitrogens with zero attached hydrogens (tertiary/aromatic N) is 2. The minimum absolute atomic E-state index is 0.0178. The van der Waals surface area contributed by atoms with Crippen molar-refractivity contribution in [1.29, 1.82) is 0 Å². The number of rotatable bonds is 3. The lowest BCUT2D eigenvalue weighted by Crippen LogP contribution is -2.58. The van der Waals surface area contributed by atoms with Gasteiger partial charge in [0.15, 0.2) is 16.1 Å². The average molecular weight is 400 g/mol. The van der Waals surface area contributed by atoms with Crippen LogP contribution in [-0.4, -0.2) is 28.3 Å². The molecule has 22 heavy (non-hydrogen) atoms. The van der Waals surface area contributed by atoms with Crippen LogP contribution in [0.15, 0.2) is 33.8 Å². The molecule has 10 heteroatoms. The molecule has 1 aliphatic rings. The van der Waals surface area contributed by atoms with E-state index in [1.807, 2.05) is 0 Å². The van der Waals surface area contributed by atoms with Gasteiger partial charge in [0.05, 0.1) is 5.69 Å². The molecule has 1 aromatic rings. The Morgan fingerprint density at radius 3 is 2.64 bits per heavy atom. The topological polar surface area (TPSA) is 99.8 Å². The van der Waals surface area contributed by atoms with Crippen LogP contribution < -0.4 is 21.4 Å². The number of amides is 2. The minimum Gasteiger partial charge on any atom is -0.375 e. The SMILES string of the molecule is NC(=S)N/N=C\[C@@H]1C(=O)NC(=S)N(c2ccc(Br)cc2)C1=O. The number of thiocarbonyl (C=S) groups is 2. The van der Waals surface area contributed by atoms with Gasteiger partial charge in [0.25, 0.3) is 5.91 Å². The largest absolute Gasteiger partial charge is 0.375 e. The summed E-state index contributed by atoms with van der Waals surface area (Å²) in [5, 5.41) is 6.07. The van der Waals surface area contributed by atoms with Crippen LogP contribution in [0.25, 0.3) is 0 Å². The summed E-state index contributed by atoms with van der Waals surface area (Å²) in [6, 6.07) is 6.93. The second-order valence-electron chi connectivity index (χ2n) is 4.18. The highest BCUT2D eigenvalue weighted by Crippen LogP contribution is 2.22. The van der Waals surface area contributed by atoms with Gasteiger partial charge in [-0.3, -0.25) is 19.9 Å². The highest BCUT2D eigenvalue weighted by Gasteiger charge is 2.38. The van der Waals surface area contributed by atoms with Gasteiger partial charge >= 0.3 is 0 Å². The molecule has 2 amide bonds. The first kappa shape index (κ1) is 16.5. The summed E-state index contributed by atoms with van der Waals surface area (Å²) in [5.74, 6) is -2.20. The Bertz CT molecular complexity index is 677. The number of hydrogen-bond acceptors (Lipinski definition) is 5. The van der Waals surface area contributed by atoms with Gasteiger partial charge in [0.2, 0.25) is 5.91 Å². The molecule has 1 fully saturated rings. The first-order valence-electron chi connectivity index (χ1n) is 5.93. The zero-order valence-corrected chi connectivity index (χ0v) is 14.2. The Balaban J connectivity index is 2.27. The fraction of sp³-hybridized carbons (Fsp3) is 0.0833. The fourth-order valence-corrected chi connectivity index (χ4v) is 2.34. The van der Waals surface area contributed by atoms with E-state index in [0.29, 0.717) is 5.69 Å². The van der Waals surface area contributed by atoms with E-state index in [1.54, 1.807) is 24.3 Å².